The van der Waals surface area contributed by atoms with Gasteiger partial charge in [-0.15, -0.1) is 0 Å². The van der Waals surface area contributed by atoms with Gasteiger partial charge in [-0.1, -0.05) is 6.92 Å². The molecule has 24 heavy (non-hydrogen) atoms. The first-order valence-electron chi connectivity index (χ1n) is 8.38. The highest BCUT2D eigenvalue weighted by atomic mass is 19.1. The Kier molecular flexibility index (Phi) is 4.87. The molecular weight excluding hydrogens is 311 g/mol. The molecule has 5 nitrogen and oxygen atoms in total. The van der Waals surface area contributed by atoms with Gasteiger partial charge in [-0.25, -0.2) is 4.39 Å². The molecule has 0 aliphatic carbocycles. The quantitative estimate of drug-likeness (QED) is 0.933. The van der Waals surface area contributed by atoms with Crippen LogP contribution >= 0.6 is 0 Å². The molecule has 1 aliphatic rings. The van der Waals surface area contributed by atoms with Crippen molar-refractivity contribution in [2.45, 2.75) is 26.4 Å². The van der Waals surface area contributed by atoms with Crippen LogP contribution in [0.1, 0.15) is 29.5 Å². The highest BCUT2D eigenvalue weighted by Crippen LogP contribution is 2.27. The molecule has 0 spiro atoms. The molecule has 1 atom stereocenters. The number of fused-ring (bicyclic) bond motifs is 1. The SMILES string of the molecule is CC[C@H](O)CN1CCN(C(=O)c2oc3ccc(F)cc3c2C)CC1. The van der Waals surface area contributed by atoms with Gasteiger partial charge in [-0.05, 0) is 31.5 Å². The zero-order valence-electron chi connectivity index (χ0n) is 14.1. The normalized spacial score (nSPS) is 17.4. The van der Waals surface area contributed by atoms with Gasteiger partial charge in [0.05, 0.1) is 6.10 Å². The number of piperazine rings is 1. The molecule has 6 heteroatoms. The zero-order chi connectivity index (χ0) is 17.3. The number of carbonyl (C=O) groups excluding carboxylic acids is 1. The number of carbonyl (C=O) groups is 1. The number of aliphatic hydroxyl groups excluding tert-OH is 1. The van der Waals surface area contributed by atoms with Crippen LogP contribution in [0.25, 0.3) is 11.0 Å². The fraction of sp³-hybridized carbons (Fsp3) is 0.500. The Morgan fingerprint density at radius 2 is 2.04 bits per heavy atom. The summed E-state index contributed by atoms with van der Waals surface area (Å²) in [6.07, 6.45) is 0.410. The highest BCUT2D eigenvalue weighted by molar-refractivity contribution is 5.99. The third-order valence-electron chi connectivity index (χ3n) is 4.69. The first kappa shape index (κ1) is 16.9. The number of hydrogen-bond acceptors (Lipinski definition) is 4. The van der Waals surface area contributed by atoms with E-state index in [-0.39, 0.29) is 23.6 Å². The number of benzene rings is 1. The molecule has 1 aromatic carbocycles. The van der Waals surface area contributed by atoms with Gasteiger partial charge in [-0.3, -0.25) is 9.69 Å². The number of aryl methyl sites for hydroxylation is 1. The van der Waals surface area contributed by atoms with Crippen molar-refractivity contribution in [3.63, 3.8) is 0 Å². The van der Waals surface area contributed by atoms with Gasteiger partial charge in [-0.2, -0.15) is 0 Å². The average Bonchev–Trinajstić information content (AvgIpc) is 2.91. The van der Waals surface area contributed by atoms with E-state index >= 15 is 0 Å². The van der Waals surface area contributed by atoms with Crippen LogP contribution in [0.3, 0.4) is 0 Å². The molecule has 0 saturated carbocycles. The maximum atomic E-state index is 13.4. The molecule has 3 rings (SSSR count). The standard InChI is InChI=1S/C18H23FN2O3/c1-3-14(22)11-20-6-8-21(9-7-20)18(23)17-12(2)15-10-13(19)4-5-16(15)24-17/h4-5,10,14,22H,3,6-9,11H2,1-2H3/t14-/m0/s1. The van der Waals surface area contributed by atoms with Gasteiger partial charge >= 0.3 is 0 Å². The molecule has 0 unspecified atom stereocenters. The monoisotopic (exact) mass is 334 g/mol. The fourth-order valence-corrected chi connectivity index (χ4v) is 3.10. The molecule has 1 amide bonds. The minimum Gasteiger partial charge on any atom is -0.451 e. The number of furan rings is 1. The lowest BCUT2D eigenvalue weighted by atomic mass is 10.1. The second-order valence-electron chi connectivity index (χ2n) is 6.35. The smallest absolute Gasteiger partial charge is 0.289 e. The predicted molar refractivity (Wildman–Crippen MR) is 89.6 cm³/mol. The maximum Gasteiger partial charge on any atom is 0.289 e. The molecule has 2 aromatic rings. The number of hydrogen-bond donors (Lipinski definition) is 1. The van der Waals surface area contributed by atoms with Crippen molar-refractivity contribution in [1.82, 2.24) is 9.80 Å². The third kappa shape index (κ3) is 3.30. The predicted octanol–water partition coefficient (Wildman–Crippen LogP) is 2.41. The number of rotatable bonds is 4. The summed E-state index contributed by atoms with van der Waals surface area (Å²) < 4.78 is 19.1. The van der Waals surface area contributed by atoms with Crippen molar-refractivity contribution in [2.75, 3.05) is 32.7 Å². The second-order valence-corrected chi connectivity index (χ2v) is 6.35. The number of aliphatic hydroxyl groups is 1. The van der Waals surface area contributed by atoms with Gasteiger partial charge in [0.15, 0.2) is 5.76 Å². The van der Waals surface area contributed by atoms with Crippen LogP contribution in [0.4, 0.5) is 4.39 Å². The molecule has 1 aliphatic heterocycles. The highest BCUT2D eigenvalue weighted by Gasteiger charge is 2.27. The van der Waals surface area contributed by atoms with Crippen molar-refractivity contribution < 1.29 is 18.7 Å². The average molecular weight is 334 g/mol. The fourth-order valence-electron chi connectivity index (χ4n) is 3.10. The van der Waals surface area contributed by atoms with E-state index in [0.29, 0.717) is 36.2 Å². The Bertz CT molecular complexity index is 735. The summed E-state index contributed by atoms with van der Waals surface area (Å²) in [5, 5.41) is 10.4. The molecule has 130 valence electrons. The number of β-amino-alcohol motifs (C(OH)–C–C–N with tert-alkyl or cyclic N) is 1. The van der Waals surface area contributed by atoms with E-state index < -0.39 is 0 Å². The minimum atomic E-state index is -0.339. The van der Waals surface area contributed by atoms with Crippen LogP contribution in [0.15, 0.2) is 22.6 Å². The Balaban J connectivity index is 1.71. The van der Waals surface area contributed by atoms with Gasteiger partial charge in [0, 0.05) is 43.7 Å². The van der Waals surface area contributed by atoms with Crippen LogP contribution in [0.2, 0.25) is 0 Å². The summed E-state index contributed by atoms with van der Waals surface area (Å²) in [6, 6.07) is 4.28. The topological polar surface area (TPSA) is 56.9 Å². The number of nitrogens with zero attached hydrogens (tertiary/aromatic N) is 2. The van der Waals surface area contributed by atoms with Crippen LogP contribution in [0, 0.1) is 12.7 Å². The molecule has 1 aromatic heterocycles. The van der Waals surface area contributed by atoms with Crippen molar-refractivity contribution in [3.8, 4) is 0 Å². The maximum absolute atomic E-state index is 13.4. The minimum absolute atomic E-state index is 0.153. The van der Waals surface area contributed by atoms with Crippen molar-refractivity contribution in [2.24, 2.45) is 0 Å². The van der Waals surface area contributed by atoms with E-state index in [1.54, 1.807) is 17.9 Å². The van der Waals surface area contributed by atoms with Crippen LogP contribution in [0.5, 0.6) is 0 Å². The second kappa shape index (κ2) is 6.91. The Morgan fingerprint density at radius 3 is 2.71 bits per heavy atom. The molecule has 0 bridgehead atoms. The van der Waals surface area contributed by atoms with Gasteiger partial charge in [0.1, 0.15) is 11.4 Å². The van der Waals surface area contributed by atoms with Crippen LogP contribution in [-0.4, -0.2) is 59.6 Å². The van der Waals surface area contributed by atoms with E-state index in [0.717, 1.165) is 19.5 Å². The molecule has 2 heterocycles. The van der Waals surface area contributed by atoms with E-state index in [4.69, 9.17) is 4.42 Å². The van der Waals surface area contributed by atoms with Crippen molar-refractivity contribution in [1.29, 1.82) is 0 Å². The molecule has 1 fully saturated rings. The summed E-state index contributed by atoms with van der Waals surface area (Å²) >= 11 is 0. The summed E-state index contributed by atoms with van der Waals surface area (Å²) in [4.78, 5) is 16.7. The summed E-state index contributed by atoms with van der Waals surface area (Å²) in [5.74, 6) is -0.203. The van der Waals surface area contributed by atoms with Gasteiger partial charge in [0.25, 0.3) is 5.91 Å². The van der Waals surface area contributed by atoms with E-state index in [2.05, 4.69) is 4.90 Å². The summed E-state index contributed by atoms with van der Waals surface area (Å²) in [7, 11) is 0. The Labute approximate surface area is 140 Å². The van der Waals surface area contributed by atoms with E-state index in [9.17, 15) is 14.3 Å². The lowest BCUT2D eigenvalue weighted by molar-refractivity contribution is 0.0501. The summed E-state index contributed by atoms with van der Waals surface area (Å²) in [6.45, 7) is 7.04. The molecular formula is C18H23FN2O3. The zero-order valence-corrected chi connectivity index (χ0v) is 14.1. The van der Waals surface area contributed by atoms with E-state index in [1.165, 1.54) is 12.1 Å². The molecule has 1 saturated heterocycles. The first-order chi connectivity index (χ1) is 11.5. The van der Waals surface area contributed by atoms with Crippen LogP contribution < -0.4 is 0 Å². The Morgan fingerprint density at radius 1 is 1.33 bits per heavy atom. The lowest BCUT2D eigenvalue weighted by Crippen LogP contribution is -2.50. The van der Waals surface area contributed by atoms with Gasteiger partial charge < -0.3 is 14.4 Å². The first-order valence-corrected chi connectivity index (χ1v) is 8.38. The number of halogens is 1. The van der Waals surface area contributed by atoms with Gasteiger partial charge in [0.2, 0.25) is 0 Å². The van der Waals surface area contributed by atoms with Crippen LogP contribution in [-0.2, 0) is 0 Å². The summed E-state index contributed by atoms with van der Waals surface area (Å²) in [5.41, 5.74) is 1.21. The number of amides is 1. The molecule has 0 radical (unpaired) electrons. The third-order valence-corrected chi connectivity index (χ3v) is 4.69. The Hall–Kier alpha value is -1.92. The van der Waals surface area contributed by atoms with E-state index in [1.807, 2.05) is 6.92 Å². The van der Waals surface area contributed by atoms with Crippen molar-refractivity contribution >= 4 is 16.9 Å². The lowest BCUT2D eigenvalue weighted by Gasteiger charge is -2.35. The van der Waals surface area contributed by atoms with Crippen molar-refractivity contribution in [3.05, 3.63) is 35.3 Å². The molecule has 1 N–H and O–H groups in total. The largest absolute Gasteiger partial charge is 0.451 e.